The van der Waals surface area contributed by atoms with Gasteiger partial charge in [0, 0.05) is 13.5 Å². The number of rotatable bonds is 9. The van der Waals surface area contributed by atoms with Crippen LogP contribution in [0.25, 0.3) is 0 Å². The summed E-state index contributed by atoms with van der Waals surface area (Å²) in [5, 5.41) is 22.0. The first-order chi connectivity index (χ1) is 18.3. The van der Waals surface area contributed by atoms with Crippen molar-refractivity contribution in [1.29, 1.82) is 0 Å². The molecule has 7 nitrogen and oxygen atoms in total. The lowest BCUT2D eigenvalue weighted by Gasteiger charge is -2.46. The third-order valence-electron chi connectivity index (χ3n) is 9.97. The number of ether oxygens (including phenoxy) is 2. The number of aliphatic hydroxyl groups is 2. The summed E-state index contributed by atoms with van der Waals surface area (Å²) in [6, 6.07) is 2.96. The number of cyclic esters (lactones) is 1. The summed E-state index contributed by atoms with van der Waals surface area (Å²) in [7, 11) is -2.68. The Kier molecular flexibility index (Phi) is 13.8. The number of hydrogen-bond donors (Lipinski definition) is 2. The molecule has 40 heavy (non-hydrogen) atoms. The first-order valence-corrected chi connectivity index (χ1v) is 20.9. The predicted molar refractivity (Wildman–Crippen MR) is 169 cm³/mol. The van der Waals surface area contributed by atoms with Gasteiger partial charge in [0.15, 0.2) is 16.6 Å². The highest BCUT2D eigenvalue weighted by atomic mass is 28.4. The zero-order valence-corrected chi connectivity index (χ0v) is 29.9. The SMILES string of the molecule is CC[C@H]1OC(=O)[C@H](C)[C@@H](O[Si](C)(C)C(C)(C)C)C[C@@H](O[Si](CC)(CC)CC)[C@](C)(OC)CCC(O)/C=C/[C@]1(C)O. The molecule has 2 N–H and O–H groups in total. The van der Waals surface area contributed by atoms with Crippen molar-refractivity contribution < 1.29 is 33.3 Å². The minimum Gasteiger partial charge on any atom is -0.459 e. The number of carbonyl (C=O) groups excluding carboxylic acids is 1. The van der Waals surface area contributed by atoms with Crippen LogP contribution in [0.1, 0.15) is 94.9 Å². The van der Waals surface area contributed by atoms with E-state index in [-0.39, 0.29) is 11.1 Å². The van der Waals surface area contributed by atoms with E-state index in [1.165, 1.54) is 0 Å². The Labute approximate surface area is 247 Å². The van der Waals surface area contributed by atoms with Gasteiger partial charge >= 0.3 is 5.97 Å². The molecule has 1 unspecified atom stereocenters. The van der Waals surface area contributed by atoms with E-state index in [1.807, 2.05) is 13.8 Å². The van der Waals surface area contributed by atoms with Crippen LogP contribution in [0.5, 0.6) is 0 Å². The largest absolute Gasteiger partial charge is 0.459 e. The van der Waals surface area contributed by atoms with Crippen molar-refractivity contribution in [2.75, 3.05) is 7.11 Å². The average Bonchev–Trinajstić information content (AvgIpc) is 2.89. The van der Waals surface area contributed by atoms with E-state index in [2.05, 4.69) is 61.6 Å². The van der Waals surface area contributed by atoms with E-state index in [4.69, 9.17) is 18.3 Å². The first-order valence-electron chi connectivity index (χ1n) is 15.5. The average molecular weight is 603 g/mol. The number of hydrogen-bond acceptors (Lipinski definition) is 7. The standard InChI is InChI=1S/C31H62O7Si2/c1-14-26-30(9,34)20-18-24(32)19-21-31(10,35-11)27(38-40(15-2,16-3)17-4)22-25(23(5)28(33)36-26)37-39(12,13)29(6,7)8/h18,20,23-27,32,34H,14-17,19,21-22H2,1-13H3/b20-18+/t23-,24?,25+,26-,27-,30+,31-/m1/s1. The summed E-state index contributed by atoms with van der Waals surface area (Å²) in [6.45, 7) is 25.0. The maximum absolute atomic E-state index is 13.7. The van der Waals surface area contributed by atoms with E-state index in [0.717, 1.165) is 18.1 Å². The number of aliphatic hydroxyl groups excluding tert-OH is 1. The summed E-state index contributed by atoms with van der Waals surface area (Å²) in [6.07, 6.45) is 2.72. The van der Waals surface area contributed by atoms with E-state index >= 15 is 0 Å². The summed E-state index contributed by atoms with van der Waals surface area (Å²) in [5.74, 6) is -0.977. The lowest BCUT2D eigenvalue weighted by molar-refractivity contribution is -0.169. The molecule has 9 heteroatoms. The zero-order valence-electron chi connectivity index (χ0n) is 27.9. The van der Waals surface area contributed by atoms with Gasteiger partial charge in [0.25, 0.3) is 0 Å². The van der Waals surface area contributed by atoms with E-state index in [9.17, 15) is 15.0 Å². The third-order valence-corrected chi connectivity index (χ3v) is 19.1. The minimum atomic E-state index is -2.30. The Morgan fingerprint density at radius 1 is 1.07 bits per heavy atom. The maximum atomic E-state index is 13.7. The molecule has 1 rings (SSSR count). The highest BCUT2D eigenvalue weighted by molar-refractivity contribution is 6.74. The quantitative estimate of drug-likeness (QED) is 0.167. The third kappa shape index (κ3) is 9.48. The molecule has 0 aromatic carbocycles. The van der Waals surface area contributed by atoms with Crippen molar-refractivity contribution in [1.82, 2.24) is 0 Å². The van der Waals surface area contributed by atoms with Crippen LogP contribution in [-0.4, -0.2) is 75.5 Å². The highest BCUT2D eigenvalue weighted by Gasteiger charge is 2.47. The molecule has 236 valence electrons. The molecule has 1 heterocycles. The van der Waals surface area contributed by atoms with Crippen molar-refractivity contribution in [2.45, 2.75) is 167 Å². The van der Waals surface area contributed by atoms with Gasteiger partial charge in [0.1, 0.15) is 11.7 Å². The monoisotopic (exact) mass is 602 g/mol. The lowest BCUT2D eigenvalue weighted by Crippen LogP contribution is -2.55. The van der Waals surface area contributed by atoms with Gasteiger partial charge in [0.05, 0.1) is 29.8 Å². The summed E-state index contributed by atoms with van der Waals surface area (Å²) < 4.78 is 26.4. The second kappa shape index (κ2) is 14.8. The van der Waals surface area contributed by atoms with Gasteiger partial charge < -0.3 is 28.5 Å². The van der Waals surface area contributed by atoms with E-state index in [0.29, 0.717) is 25.7 Å². The second-order valence-corrected chi connectivity index (χ2v) is 23.3. The van der Waals surface area contributed by atoms with Crippen molar-refractivity contribution in [3.8, 4) is 0 Å². The Balaban J connectivity index is 3.78. The minimum absolute atomic E-state index is 0.0596. The fourth-order valence-corrected chi connectivity index (χ4v) is 9.56. The van der Waals surface area contributed by atoms with Gasteiger partial charge in [0.2, 0.25) is 0 Å². The summed E-state index contributed by atoms with van der Waals surface area (Å²) in [5.41, 5.74) is -2.14. The molecule has 0 radical (unpaired) electrons. The molecular weight excluding hydrogens is 541 g/mol. The van der Waals surface area contributed by atoms with Crippen molar-refractivity contribution >= 4 is 22.6 Å². The Hall–Kier alpha value is -0.556. The van der Waals surface area contributed by atoms with Crippen LogP contribution < -0.4 is 0 Å². The number of esters is 1. The molecule has 0 saturated carbocycles. The normalized spacial score (nSPS) is 34.7. The van der Waals surface area contributed by atoms with Crippen LogP contribution in [0.4, 0.5) is 0 Å². The fourth-order valence-electron chi connectivity index (χ4n) is 5.20. The first kappa shape index (κ1) is 37.5. The van der Waals surface area contributed by atoms with E-state index < -0.39 is 58.0 Å². The maximum Gasteiger partial charge on any atom is 0.311 e. The molecule has 0 spiro atoms. The Morgan fingerprint density at radius 3 is 2.08 bits per heavy atom. The van der Waals surface area contributed by atoms with Gasteiger partial charge in [-0.05, 0) is 76.3 Å². The van der Waals surface area contributed by atoms with Crippen LogP contribution in [0.15, 0.2) is 12.2 Å². The molecule has 0 bridgehead atoms. The van der Waals surface area contributed by atoms with Crippen molar-refractivity contribution in [3.05, 3.63) is 12.2 Å². The smallest absolute Gasteiger partial charge is 0.311 e. The molecule has 0 aliphatic carbocycles. The molecule has 0 saturated heterocycles. The molecule has 0 aromatic rings. The van der Waals surface area contributed by atoms with Crippen LogP contribution in [0, 0.1) is 5.92 Å². The zero-order chi connectivity index (χ0) is 31.2. The second-order valence-electron chi connectivity index (χ2n) is 13.8. The number of carbonyl (C=O) groups is 1. The molecule has 0 aromatic heterocycles. The Bertz CT molecular complexity index is 811. The topological polar surface area (TPSA) is 94.5 Å². The predicted octanol–water partition coefficient (Wildman–Crippen LogP) is 6.98. The van der Waals surface area contributed by atoms with Gasteiger partial charge in [-0.25, -0.2) is 0 Å². The fraction of sp³-hybridized carbons (Fsp3) is 0.903. The molecule has 7 atom stereocenters. The molecule has 1 aliphatic rings. The Morgan fingerprint density at radius 2 is 1.62 bits per heavy atom. The molecule has 0 fully saturated rings. The van der Waals surface area contributed by atoms with Gasteiger partial charge in [-0.1, -0.05) is 60.6 Å². The van der Waals surface area contributed by atoms with Gasteiger partial charge in [-0.15, -0.1) is 0 Å². The van der Waals surface area contributed by atoms with Crippen molar-refractivity contribution in [3.63, 3.8) is 0 Å². The van der Waals surface area contributed by atoms with Crippen LogP contribution in [-0.2, 0) is 23.1 Å². The molecule has 1 aliphatic heterocycles. The number of methoxy groups -OCH3 is 1. The van der Waals surface area contributed by atoms with Crippen LogP contribution in [0.2, 0.25) is 36.3 Å². The van der Waals surface area contributed by atoms with E-state index in [1.54, 1.807) is 26.2 Å². The van der Waals surface area contributed by atoms with Crippen molar-refractivity contribution in [2.24, 2.45) is 5.92 Å². The summed E-state index contributed by atoms with van der Waals surface area (Å²) in [4.78, 5) is 13.7. The van der Waals surface area contributed by atoms with Gasteiger partial charge in [-0.2, -0.15) is 0 Å². The summed E-state index contributed by atoms with van der Waals surface area (Å²) >= 11 is 0. The molecule has 0 amide bonds. The highest BCUT2D eigenvalue weighted by Crippen LogP contribution is 2.41. The van der Waals surface area contributed by atoms with Gasteiger partial charge in [-0.3, -0.25) is 4.79 Å². The molecular formula is C31H62O7Si2. The van der Waals surface area contributed by atoms with Crippen LogP contribution in [0.3, 0.4) is 0 Å². The van der Waals surface area contributed by atoms with Crippen LogP contribution >= 0.6 is 0 Å². The lowest BCUT2D eigenvalue weighted by atomic mass is 9.85.